The molecule has 0 saturated heterocycles. The number of nitrogens with zero attached hydrogens (tertiary/aromatic N) is 3. The molecule has 2 aliphatic rings. The summed E-state index contributed by atoms with van der Waals surface area (Å²) >= 11 is 7.84. The van der Waals surface area contributed by atoms with Gasteiger partial charge in [-0.15, -0.1) is 5.10 Å². The molecule has 0 aliphatic carbocycles. The molecule has 0 spiro atoms. The third-order valence-corrected chi connectivity index (χ3v) is 6.99. The summed E-state index contributed by atoms with van der Waals surface area (Å²) in [5, 5.41) is 9.40. The van der Waals surface area contributed by atoms with E-state index in [1.54, 1.807) is 25.3 Å². The number of ether oxygens (including phenoxy) is 2. The summed E-state index contributed by atoms with van der Waals surface area (Å²) in [5.74, 6) is 1.60. The number of rotatable bonds is 4. The van der Waals surface area contributed by atoms with Crippen molar-refractivity contribution < 1.29 is 13.9 Å². The van der Waals surface area contributed by atoms with Gasteiger partial charge in [-0.05, 0) is 48.2 Å². The minimum Gasteiger partial charge on any atom is -0.497 e. The van der Waals surface area contributed by atoms with Crippen LogP contribution in [0, 0.1) is 5.82 Å². The third kappa shape index (κ3) is 3.64. The van der Waals surface area contributed by atoms with Crippen LogP contribution in [0.15, 0.2) is 77.5 Å². The maximum absolute atomic E-state index is 15.2. The van der Waals surface area contributed by atoms with E-state index in [-0.39, 0.29) is 5.82 Å². The van der Waals surface area contributed by atoms with Gasteiger partial charge in [0, 0.05) is 21.7 Å². The maximum atomic E-state index is 15.2. The lowest BCUT2D eigenvalue weighted by Crippen LogP contribution is -2.32. The van der Waals surface area contributed by atoms with Crippen molar-refractivity contribution in [3.05, 3.63) is 99.8 Å². The van der Waals surface area contributed by atoms with E-state index in [1.807, 2.05) is 53.4 Å². The first-order chi connectivity index (χ1) is 17.1. The monoisotopic (exact) mass is 506 g/mol. The number of anilines is 1. The molecule has 0 saturated carbocycles. The van der Waals surface area contributed by atoms with Gasteiger partial charge in [-0.2, -0.15) is 4.98 Å². The number of methoxy groups -OCH3 is 1. The molecule has 0 radical (unpaired) electrons. The molecule has 176 valence electrons. The van der Waals surface area contributed by atoms with Gasteiger partial charge in [0.15, 0.2) is 6.10 Å². The van der Waals surface area contributed by atoms with Crippen molar-refractivity contribution in [2.45, 2.75) is 17.3 Å². The number of halogens is 2. The SMILES string of the molecule is COc1ccc(C2C3=C(Nc4nc(SC)nn42)c2cc(Cl)ccc2OC3c2ccccc2F)cc1. The first-order valence-electron chi connectivity index (χ1n) is 10.9. The third-order valence-electron chi connectivity index (χ3n) is 6.22. The maximum Gasteiger partial charge on any atom is 0.227 e. The molecule has 6 nitrogen and oxygen atoms in total. The second-order valence-corrected chi connectivity index (χ2v) is 9.37. The Balaban J connectivity index is 1.64. The summed E-state index contributed by atoms with van der Waals surface area (Å²) in [6.45, 7) is 0. The van der Waals surface area contributed by atoms with Crippen LogP contribution in [0.2, 0.25) is 5.02 Å². The van der Waals surface area contributed by atoms with Crippen molar-refractivity contribution in [3.8, 4) is 11.5 Å². The number of hydrogen-bond acceptors (Lipinski definition) is 6. The first-order valence-corrected chi connectivity index (χ1v) is 12.5. The molecule has 3 heterocycles. The molecule has 4 aromatic rings. The molecule has 2 aliphatic heterocycles. The number of thioether (sulfide) groups is 1. The zero-order chi connectivity index (χ0) is 24.1. The zero-order valence-corrected chi connectivity index (χ0v) is 20.4. The Bertz CT molecular complexity index is 1470. The van der Waals surface area contributed by atoms with E-state index < -0.39 is 12.1 Å². The Kier molecular flexibility index (Phi) is 5.42. The average Bonchev–Trinajstić information content (AvgIpc) is 3.30. The van der Waals surface area contributed by atoms with E-state index in [0.717, 1.165) is 28.1 Å². The summed E-state index contributed by atoms with van der Waals surface area (Å²) < 4.78 is 28.8. The van der Waals surface area contributed by atoms with Gasteiger partial charge in [0.1, 0.15) is 23.4 Å². The molecular formula is C26H20ClFN4O2S. The Morgan fingerprint density at radius 3 is 2.66 bits per heavy atom. The van der Waals surface area contributed by atoms with Crippen molar-refractivity contribution in [1.82, 2.24) is 14.8 Å². The van der Waals surface area contributed by atoms with E-state index in [0.29, 0.717) is 27.4 Å². The number of aromatic nitrogens is 3. The normalized spacial score (nSPS) is 18.2. The van der Waals surface area contributed by atoms with Crippen LogP contribution in [0.25, 0.3) is 5.70 Å². The fourth-order valence-electron chi connectivity index (χ4n) is 4.62. The van der Waals surface area contributed by atoms with Gasteiger partial charge in [0.05, 0.1) is 12.8 Å². The topological polar surface area (TPSA) is 61.2 Å². The van der Waals surface area contributed by atoms with E-state index in [4.69, 9.17) is 26.2 Å². The Hall–Kier alpha value is -3.49. The highest BCUT2D eigenvalue weighted by Crippen LogP contribution is 2.51. The minimum absolute atomic E-state index is 0.343. The van der Waals surface area contributed by atoms with Crippen molar-refractivity contribution in [3.63, 3.8) is 0 Å². The Morgan fingerprint density at radius 1 is 1.11 bits per heavy atom. The molecule has 2 atom stereocenters. The predicted molar refractivity (Wildman–Crippen MR) is 135 cm³/mol. The van der Waals surface area contributed by atoms with Gasteiger partial charge in [-0.1, -0.05) is 53.7 Å². The molecule has 6 rings (SSSR count). The largest absolute Gasteiger partial charge is 0.497 e. The van der Waals surface area contributed by atoms with Crippen LogP contribution in [0.5, 0.6) is 11.5 Å². The van der Waals surface area contributed by atoms with Gasteiger partial charge in [0.2, 0.25) is 11.1 Å². The van der Waals surface area contributed by atoms with Crippen LogP contribution in [0.4, 0.5) is 10.3 Å². The van der Waals surface area contributed by atoms with Crippen LogP contribution in [0.1, 0.15) is 28.8 Å². The quantitative estimate of drug-likeness (QED) is 0.325. The Labute approximate surface area is 210 Å². The highest BCUT2D eigenvalue weighted by atomic mass is 35.5. The standard InChI is InChI=1S/C26H20ClFN4O2S/c1-33-16-10-7-14(8-11-16)23-21-22(29-25-30-26(35-2)31-32(23)25)18-13-15(27)9-12-20(18)34-24(21)17-5-3-4-6-19(17)28/h3-13,23-24H,1-2H3,(H,29,30,31). The lowest BCUT2D eigenvalue weighted by Gasteiger charge is -2.39. The van der Waals surface area contributed by atoms with E-state index in [9.17, 15) is 0 Å². The number of benzene rings is 3. The molecule has 35 heavy (non-hydrogen) atoms. The van der Waals surface area contributed by atoms with Gasteiger partial charge in [0.25, 0.3) is 0 Å². The summed E-state index contributed by atoms with van der Waals surface area (Å²) in [7, 11) is 1.63. The fraction of sp³-hybridized carbons (Fsp3) is 0.154. The van der Waals surface area contributed by atoms with Crippen LogP contribution < -0.4 is 14.8 Å². The summed E-state index contributed by atoms with van der Waals surface area (Å²) in [4.78, 5) is 4.68. The van der Waals surface area contributed by atoms with Gasteiger partial charge >= 0.3 is 0 Å². The molecule has 0 fully saturated rings. The molecule has 9 heteroatoms. The highest BCUT2D eigenvalue weighted by molar-refractivity contribution is 7.98. The molecule has 2 unspecified atom stereocenters. The van der Waals surface area contributed by atoms with Gasteiger partial charge in [-0.25, -0.2) is 9.07 Å². The predicted octanol–water partition coefficient (Wildman–Crippen LogP) is 6.36. The smallest absolute Gasteiger partial charge is 0.227 e. The molecule has 3 aromatic carbocycles. The molecular weight excluding hydrogens is 487 g/mol. The summed E-state index contributed by atoms with van der Waals surface area (Å²) in [6.07, 6.45) is 1.23. The lowest BCUT2D eigenvalue weighted by atomic mass is 9.84. The van der Waals surface area contributed by atoms with Crippen LogP contribution in [0.3, 0.4) is 0 Å². The van der Waals surface area contributed by atoms with Crippen LogP contribution in [-0.4, -0.2) is 28.1 Å². The van der Waals surface area contributed by atoms with Crippen LogP contribution in [-0.2, 0) is 0 Å². The number of fused-ring (bicyclic) bond motifs is 3. The average molecular weight is 507 g/mol. The van der Waals surface area contributed by atoms with Crippen molar-refractivity contribution >= 4 is 35.0 Å². The number of hydrogen-bond donors (Lipinski definition) is 1. The Morgan fingerprint density at radius 2 is 1.91 bits per heavy atom. The van der Waals surface area contributed by atoms with E-state index in [1.165, 1.54) is 17.8 Å². The summed E-state index contributed by atoms with van der Waals surface area (Å²) in [6, 6.07) is 19.5. The highest BCUT2D eigenvalue weighted by Gasteiger charge is 2.42. The molecule has 1 aromatic heterocycles. The van der Waals surface area contributed by atoms with Crippen molar-refractivity contribution in [2.75, 3.05) is 18.7 Å². The van der Waals surface area contributed by atoms with Gasteiger partial charge < -0.3 is 14.8 Å². The van der Waals surface area contributed by atoms with E-state index >= 15 is 4.39 Å². The lowest BCUT2D eigenvalue weighted by molar-refractivity contribution is 0.218. The molecule has 0 bridgehead atoms. The van der Waals surface area contributed by atoms with E-state index in [2.05, 4.69) is 10.3 Å². The van der Waals surface area contributed by atoms with Gasteiger partial charge in [-0.3, -0.25) is 0 Å². The minimum atomic E-state index is -0.699. The number of nitrogens with one attached hydrogen (secondary N) is 1. The summed E-state index contributed by atoms with van der Waals surface area (Å²) in [5.41, 5.74) is 3.78. The molecule has 1 N–H and O–H groups in total. The molecule has 0 amide bonds. The second-order valence-electron chi connectivity index (χ2n) is 8.16. The zero-order valence-electron chi connectivity index (χ0n) is 18.8. The second kappa shape index (κ2) is 8.62. The van der Waals surface area contributed by atoms with Crippen molar-refractivity contribution in [1.29, 1.82) is 0 Å². The fourth-order valence-corrected chi connectivity index (χ4v) is 5.14. The van der Waals surface area contributed by atoms with Crippen molar-refractivity contribution in [2.24, 2.45) is 0 Å². The first kappa shape index (κ1) is 22.0. The van der Waals surface area contributed by atoms with Crippen LogP contribution >= 0.6 is 23.4 Å².